The maximum Gasteiger partial charge on any atom is 0.415 e. The topological polar surface area (TPSA) is 112 Å². The van der Waals surface area contributed by atoms with Crippen LogP contribution in [0.2, 0.25) is 0 Å². The van der Waals surface area contributed by atoms with Crippen LogP contribution in [-0.2, 0) is 29.3 Å². The molecule has 4 aliphatic heterocycles. The highest BCUT2D eigenvalue weighted by Gasteiger charge is 2.87. The third kappa shape index (κ3) is 1.76. The average Bonchev–Trinajstić information content (AvgIpc) is 3.48. The highest BCUT2D eigenvalue weighted by Crippen LogP contribution is 2.75. The number of esters is 1. The van der Waals surface area contributed by atoms with E-state index in [1.165, 1.54) is 19.1 Å². The minimum atomic E-state index is -1.63. The van der Waals surface area contributed by atoms with Crippen LogP contribution in [0.15, 0.2) is 12.1 Å². The molecule has 2 amide bonds. The molecule has 1 aromatic rings. The Kier molecular flexibility index (Phi) is 3.57. The number of fused-ring (bicyclic) bond motifs is 3. The molecule has 0 aromatic heterocycles. The first kappa shape index (κ1) is 20.1. The van der Waals surface area contributed by atoms with Gasteiger partial charge in [0.2, 0.25) is 12.7 Å². The van der Waals surface area contributed by atoms with E-state index in [-0.39, 0.29) is 24.9 Å². The van der Waals surface area contributed by atoms with Gasteiger partial charge in [-0.1, -0.05) is 6.07 Å². The molecule has 34 heavy (non-hydrogen) atoms. The quantitative estimate of drug-likeness (QED) is 0.451. The fourth-order valence-corrected chi connectivity index (χ4v) is 8.56. The molecule has 4 heterocycles. The Balaban J connectivity index is 1.65. The molecule has 7 rings (SSSR count). The average molecular weight is 468 g/mol. The molecule has 2 saturated heterocycles. The molecule has 10 heteroatoms. The Bertz CT molecular complexity index is 1210. The van der Waals surface area contributed by atoms with Crippen LogP contribution in [0.4, 0.5) is 10.5 Å². The van der Waals surface area contributed by atoms with Crippen molar-refractivity contribution in [2.75, 3.05) is 32.5 Å². The number of ketones is 1. The molecule has 2 aliphatic carbocycles. The van der Waals surface area contributed by atoms with Crippen LogP contribution < -0.4 is 14.4 Å². The predicted octanol–water partition coefficient (Wildman–Crippen LogP) is 1.53. The van der Waals surface area contributed by atoms with E-state index in [0.717, 1.165) is 12.8 Å². The molecule has 1 aromatic carbocycles. The van der Waals surface area contributed by atoms with Crippen molar-refractivity contribution in [2.24, 2.45) is 11.3 Å². The van der Waals surface area contributed by atoms with Gasteiger partial charge in [0.25, 0.3) is 0 Å². The lowest BCUT2D eigenvalue weighted by Gasteiger charge is -2.63. The Labute approximate surface area is 195 Å². The summed E-state index contributed by atoms with van der Waals surface area (Å²) in [5, 5.41) is 0. The number of amides is 2. The predicted molar refractivity (Wildman–Crippen MR) is 113 cm³/mol. The van der Waals surface area contributed by atoms with Gasteiger partial charge in [-0.15, -0.1) is 0 Å². The third-order valence-corrected chi connectivity index (χ3v) is 9.34. The van der Waals surface area contributed by atoms with Gasteiger partial charge >= 0.3 is 12.1 Å². The number of nitrogens with zero attached hydrogens (tertiary/aromatic N) is 2. The summed E-state index contributed by atoms with van der Waals surface area (Å²) < 4.78 is 21.9. The smallest absolute Gasteiger partial charge is 0.415 e. The Morgan fingerprint density at radius 3 is 2.68 bits per heavy atom. The van der Waals surface area contributed by atoms with Gasteiger partial charge in [0.15, 0.2) is 17.0 Å². The SMILES string of the molecule is COC(=O)N1c2c(ccc3c2OCO3)[C@]23[C@H]4C(=O)C[C@@]5(CCCN(C4=O)[C@@H]52)CC[C@]13C(=O)OC. The molecule has 6 aliphatic rings. The van der Waals surface area contributed by atoms with Gasteiger partial charge in [0, 0.05) is 13.0 Å². The van der Waals surface area contributed by atoms with E-state index < -0.39 is 40.4 Å². The zero-order chi connectivity index (χ0) is 23.6. The normalized spacial score (nSPS) is 37.9. The second-order valence-corrected chi connectivity index (χ2v) is 10.2. The lowest BCUT2D eigenvalue weighted by atomic mass is 9.41. The molecule has 178 valence electrons. The minimum Gasteiger partial charge on any atom is -0.467 e. The molecular weight excluding hydrogens is 444 g/mol. The standard InChI is InChI=1S/C24H24N2O8/c1-31-20(29)23-8-7-22-6-3-9-25-18(28)15(13(27)10-22)24(23,19(22)25)12-4-5-14-17(34-11-33-14)16(12)26(23)21(30)32-2/h4-5,15,19H,3,6-11H2,1-2H3/t15-,19-,22+,23+,24-/m0/s1. The highest BCUT2D eigenvalue weighted by atomic mass is 16.7. The summed E-state index contributed by atoms with van der Waals surface area (Å²) in [5.74, 6) is -1.43. The van der Waals surface area contributed by atoms with E-state index in [2.05, 4.69) is 0 Å². The van der Waals surface area contributed by atoms with E-state index in [4.69, 9.17) is 18.9 Å². The molecule has 5 atom stereocenters. The number of ether oxygens (including phenoxy) is 4. The zero-order valence-corrected chi connectivity index (χ0v) is 18.9. The van der Waals surface area contributed by atoms with E-state index in [1.807, 2.05) is 4.90 Å². The number of carbonyl (C=O) groups excluding carboxylic acids is 4. The van der Waals surface area contributed by atoms with Gasteiger partial charge in [-0.05, 0) is 42.7 Å². The van der Waals surface area contributed by atoms with E-state index in [1.54, 1.807) is 12.1 Å². The number of carbonyl (C=O) groups is 4. The number of Topliss-reactive ketones (excluding diaryl/α,β-unsaturated/α-hetero) is 1. The van der Waals surface area contributed by atoms with Crippen molar-refractivity contribution in [1.29, 1.82) is 0 Å². The minimum absolute atomic E-state index is 0.0419. The summed E-state index contributed by atoms with van der Waals surface area (Å²) in [6.07, 6.45) is 1.89. The zero-order valence-electron chi connectivity index (χ0n) is 18.9. The number of piperidine rings is 1. The van der Waals surface area contributed by atoms with E-state index >= 15 is 0 Å². The molecule has 10 nitrogen and oxygen atoms in total. The van der Waals surface area contributed by atoms with Gasteiger partial charge in [-0.2, -0.15) is 0 Å². The summed E-state index contributed by atoms with van der Waals surface area (Å²) in [4.78, 5) is 58.2. The Morgan fingerprint density at radius 2 is 1.91 bits per heavy atom. The Morgan fingerprint density at radius 1 is 1.09 bits per heavy atom. The molecule has 0 unspecified atom stereocenters. The summed E-state index contributed by atoms with van der Waals surface area (Å²) >= 11 is 0. The monoisotopic (exact) mass is 468 g/mol. The van der Waals surface area contributed by atoms with Crippen LogP contribution in [-0.4, -0.2) is 67.8 Å². The number of anilines is 1. The van der Waals surface area contributed by atoms with Crippen molar-refractivity contribution in [2.45, 2.75) is 49.1 Å². The van der Waals surface area contributed by atoms with Crippen LogP contribution in [0, 0.1) is 11.3 Å². The second kappa shape index (κ2) is 6.03. The second-order valence-electron chi connectivity index (χ2n) is 10.2. The summed E-state index contributed by atoms with van der Waals surface area (Å²) in [5.41, 5.74) is -2.46. The lowest BCUT2D eigenvalue weighted by molar-refractivity contribution is -0.166. The number of hydrogen-bond acceptors (Lipinski definition) is 8. The van der Waals surface area contributed by atoms with Gasteiger partial charge in [0.05, 0.1) is 31.4 Å². The molecular formula is C24H24N2O8. The Hall–Kier alpha value is -3.30. The van der Waals surface area contributed by atoms with Crippen LogP contribution >= 0.6 is 0 Å². The van der Waals surface area contributed by atoms with Crippen molar-refractivity contribution in [1.82, 2.24) is 4.90 Å². The molecule has 4 bridgehead atoms. The van der Waals surface area contributed by atoms with Crippen molar-refractivity contribution in [3.05, 3.63) is 17.7 Å². The van der Waals surface area contributed by atoms with Crippen molar-refractivity contribution in [3.63, 3.8) is 0 Å². The van der Waals surface area contributed by atoms with Gasteiger partial charge in [0.1, 0.15) is 11.7 Å². The van der Waals surface area contributed by atoms with Gasteiger partial charge in [-0.25, -0.2) is 9.59 Å². The van der Waals surface area contributed by atoms with Crippen LogP contribution in [0.3, 0.4) is 0 Å². The highest BCUT2D eigenvalue weighted by molar-refractivity contribution is 6.15. The summed E-state index contributed by atoms with van der Waals surface area (Å²) in [7, 11) is 2.51. The lowest BCUT2D eigenvalue weighted by Crippen LogP contribution is -2.78. The van der Waals surface area contributed by atoms with Crippen molar-refractivity contribution < 1.29 is 38.1 Å². The molecule has 2 saturated carbocycles. The fourth-order valence-electron chi connectivity index (χ4n) is 8.56. The first-order valence-electron chi connectivity index (χ1n) is 11.6. The van der Waals surface area contributed by atoms with Gasteiger partial charge in [-0.3, -0.25) is 14.5 Å². The maximum absolute atomic E-state index is 13.9. The number of benzene rings is 1. The first-order valence-corrected chi connectivity index (χ1v) is 11.6. The summed E-state index contributed by atoms with van der Waals surface area (Å²) in [6, 6.07) is 3.11. The number of methoxy groups -OCH3 is 2. The molecule has 4 fully saturated rings. The van der Waals surface area contributed by atoms with Crippen LogP contribution in [0.5, 0.6) is 11.5 Å². The third-order valence-electron chi connectivity index (χ3n) is 9.34. The van der Waals surface area contributed by atoms with Crippen LogP contribution in [0.25, 0.3) is 0 Å². The van der Waals surface area contributed by atoms with Crippen LogP contribution in [0.1, 0.15) is 37.7 Å². The van der Waals surface area contributed by atoms with Crippen molar-refractivity contribution in [3.8, 4) is 11.5 Å². The first-order chi connectivity index (χ1) is 16.4. The molecule has 0 radical (unpaired) electrons. The van der Waals surface area contributed by atoms with Gasteiger partial charge < -0.3 is 23.8 Å². The number of hydrogen-bond donors (Lipinski definition) is 0. The van der Waals surface area contributed by atoms with E-state index in [0.29, 0.717) is 42.1 Å². The van der Waals surface area contributed by atoms with E-state index in [9.17, 15) is 19.2 Å². The molecule has 0 N–H and O–H groups in total. The summed E-state index contributed by atoms with van der Waals surface area (Å²) in [6.45, 7) is 0.478. The maximum atomic E-state index is 13.9. The fraction of sp³-hybridized carbons (Fsp3) is 0.583. The number of rotatable bonds is 1. The van der Waals surface area contributed by atoms with Crippen molar-refractivity contribution >= 4 is 29.4 Å². The molecule has 1 spiro atoms. The largest absolute Gasteiger partial charge is 0.467 e.